The maximum atomic E-state index is 11.0. The molecular formula is C15H23NO2. The van der Waals surface area contributed by atoms with Gasteiger partial charge in [-0.05, 0) is 37.9 Å². The van der Waals surface area contributed by atoms with E-state index in [9.17, 15) is 4.79 Å². The van der Waals surface area contributed by atoms with E-state index in [4.69, 9.17) is 5.11 Å². The topological polar surface area (TPSA) is 40.5 Å². The van der Waals surface area contributed by atoms with Crippen molar-refractivity contribution in [3.05, 3.63) is 35.4 Å². The highest BCUT2D eigenvalue weighted by Gasteiger charge is 2.22. The van der Waals surface area contributed by atoms with Crippen LogP contribution in [0.15, 0.2) is 24.3 Å². The molecule has 1 rings (SSSR count). The molecule has 3 heteroatoms. The molecule has 0 radical (unpaired) electrons. The Hall–Kier alpha value is -1.35. The van der Waals surface area contributed by atoms with Crippen molar-refractivity contribution >= 4 is 5.97 Å². The van der Waals surface area contributed by atoms with Gasteiger partial charge in [-0.3, -0.25) is 9.69 Å². The minimum atomic E-state index is -0.789. The molecule has 3 nitrogen and oxygen atoms in total. The van der Waals surface area contributed by atoms with Crippen LogP contribution in [-0.2, 0) is 4.79 Å². The third-order valence-electron chi connectivity index (χ3n) is 3.66. The first-order valence-electron chi connectivity index (χ1n) is 6.39. The molecule has 0 saturated heterocycles. The number of likely N-dealkylation sites (N-methyl/N-ethyl adjacent to an activating group) is 1. The number of hydrogen-bond donors (Lipinski definition) is 1. The number of benzene rings is 1. The van der Waals surface area contributed by atoms with Crippen LogP contribution in [0.5, 0.6) is 0 Å². The minimum absolute atomic E-state index is 0.0947. The standard InChI is InChI=1S/C15H23NO2/c1-10(2)13-6-8-14(9-7-13)11(3)16(5)12(4)15(17)18/h6-12H,1-5H3,(H,17,18). The zero-order valence-electron chi connectivity index (χ0n) is 11.8. The van der Waals surface area contributed by atoms with Crippen LogP contribution in [0.1, 0.15) is 50.8 Å². The fourth-order valence-electron chi connectivity index (χ4n) is 1.90. The van der Waals surface area contributed by atoms with Crippen molar-refractivity contribution in [3.63, 3.8) is 0 Å². The van der Waals surface area contributed by atoms with E-state index in [0.29, 0.717) is 5.92 Å². The Kier molecular flexibility index (Phi) is 4.91. The van der Waals surface area contributed by atoms with Gasteiger partial charge >= 0.3 is 5.97 Å². The predicted molar refractivity (Wildman–Crippen MR) is 73.8 cm³/mol. The zero-order chi connectivity index (χ0) is 13.9. The summed E-state index contributed by atoms with van der Waals surface area (Å²) in [4.78, 5) is 12.8. The van der Waals surface area contributed by atoms with Crippen LogP contribution in [0.25, 0.3) is 0 Å². The predicted octanol–water partition coefficient (Wildman–Crippen LogP) is 3.28. The van der Waals surface area contributed by atoms with Crippen molar-refractivity contribution in [1.82, 2.24) is 4.90 Å². The summed E-state index contributed by atoms with van der Waals surface area (Å²) >= 11 is 0. The summed E-state index contributed by atoms with van der Waals surface area (Å²) in [5.74, 6) is -0.270. The molecule has 0 amide bonds. The lowest BCUT2D eigenvalue weighted by Crippen LogP contribution is -2.37. The van der Waals surface area contributed by atoms with E-state index in [1.54, 1.807) is 6.92 Å². The summed E-state index contributed by atoms with van der Waals surface area (Å²) in [6.07, 6.45) is 0. The van der Waals surface area contributed by atoms with Crippen molar-refractivity contribution in [1.29, 1.82) is 0 Å². The van der Waals surface area contributed by atoms with Gasteiger partial charge in [0.1, 0.15) is 6.04 Å². The summed E-state index contributed by atoms with van der Waals surface area (Å²) in [5.41, 5.74) is 2.45. The van der Waals surface area contributed by atoms with Crippen molar-refractivity contribution in [2.45, 2.75) is 45.7 Å². The van der Waals surface area contributed by atoms with E-state index in [1.807, 2.05) is 18.9 Å². The summed E-state index contributed by atoms with van der Waals surface area (Å²) < 4.78 is 0. The lowest BCUT2D eigenvalue weighted by atomic mass is 9.99. The molecule has 0 aliphatic rings. The highest BCUT2D eigenvalue weighted by Crippen LogP contribution is 2.23. The summed E-state index contributed by atoms with van der Waals surface area (Å²) in [6, 6.07) is 8.03. The zero-order valence-corrected chi connectivity index (χ0v) is 11.8. The maximum Gasteiger partial charge on any atom is 0.320 e. The van der Waals surface area contributed by atoms with Crippen molar-refractivity contribution in [2.24, 2.45) is 0 Å². The summed E-state index contributed by atoms with van der Waals surface area (Å²) in [5, 5.41) is 9.02. The van der Waals surface area contributed by atoms with Gasteiger partial charge in [0.15, 0.2) is 0 Å². The van der Waals surface area contributed by atoms with E-state index in [1.165, 1.54) is 5.56 Å². The molecule has 2 atom stereocenters. The van der Waals surface area contributed by atoms with Gasteiger partial charge in [0.25, 0.3) is 0 Å². The van der Waals surface area contributed by atoms with E-state index < -0.39 is 12.0 Å². The molecule has 0 aliphatic heterocycles. The van der Waals surface area contributed by atoms with E-state index in [2.05, 4.69) is 38.1 Å². The molecule has 1 aromatic rings. The Bertz CT molecular complexity index is 397. The molecule has 0 heterocycles. The first kappa shape index (κ1) is 14.7. The molecule has 0 saturated carbocycles. The van der Waals surface area contributed by atoms with Crippen LogP contribution in [0.3, 0.4) is 0 Å². The molecule has 2 unspecified atom stereocenters. The van der Waals surface area contributed by atoms with Gasteiger partial charge in [0.05, 0.1) is 0 Å². The number of nitrogens with zero attached hydrogens (tertiary/aromatic N) is 1. The molecule has 18 heavy (non-hydrogen) atoms. The van der Waals surface area contributed by atoms with Crippen molar-refractivity contribution in [2.75, 3.05) is 7.05 Å². The number of hydrogen-bond acceptors (Lipinski definition) is 2. The lowest BCUT2D eigenvalue weighted by Gasteiger charge is -2.28. The van der Waals surface area contributed by atoms with Crippen molar-refractivity contribution < 1.29 is 9.90 Å². The van der Waals surface area contributed by atoms with E-state index >= 15 is 0 Å². The largest absolute Gasteiger partial charge is 0.480 e. The van der Waals surface area contributed by atoms with Gasteiger partial charge in [-0.15, -0.1) is 0 Å². The third kappa shape index (κ3) is 3.33. The normalized spacial score (nSPS) is 14.8. The van der Waals surface area contributed by atoms with Crippen LogP contribution >= 0.6 is 0 Å². The summed E-state index contributed by atoms with van der Waals surface area (Å²) in [6.45, 7) is 8.07. The summed E-state index contributed by atoms with van der Waals surface area (Å²) in [7, 11) is 1.85. The quantitative estimate of drug-likeness (QED) is 0.870. The van der Waals surface area contributed by atoms with Gasteiger partial charge in [-0.1, -0.05) is 38.1 Å². The van der Waals surface area contributed by atoms with E-state index in [-0.39, 0.29) is 6.04 Å². The first-order chi connectivity index (χ1) is 8.34. The van der Waals surface area contributed by atoms with Gasteiger partial charge in [0.2, 0.25) is 0 Å². The Morgan fingerprint density at radius 2 is 1.50 bits per heavy atom. The molecule has 0 bridgehead atoms. The monoisotopic (exact) mass is 249 g/mol. The van der Waals surface area contributed by atoms with Gasteiger partial charge in [-0.25, -0.2) is 0 Å². The van der Waals surface area contributed by atoms with E-state index in [0.717, 1.165) is 5.56 Å². The average molecular weight is 249 g/mol. The number of rotatable bonds is 5. The molecule has 0 aromatic heterocycles. The number of carboxylic acids is 1. The molecule has 1 N–H and O–H groups in total. The smallest absolute Gasteiger partial charge is 0.320 e. The third-order valence-corrected chi connectivity index (χ3v) is 3.66. The lowest BCUT2D eigenvalue weighted by molar-refractivity contribution is -0.142. The number of aliphatic carboxylic acids is 1. The number of carboxylic acid groups (broad SMARTS) is 1. The average Bonchev–Trinajstić information content (AvgIpc) is 2.36. The second-order valence-electron chi connectivity index (χ2n) is 5.18. The Morgan fingerprint density at radius 3 is 1.89 bits per heavy atom. The second kappa shape index (κ2) is 6.01. The Balaban J connectivity index is 2.83. The SMILES string of the molecule is CC(C)c1ccc(C(C)N(C)C(C)C(=O)O)cc1. The number of carbonyl (C=O) groups is 1. The van der Waals surface area contributed by atoms with Gasteiger partial charge < -0.3 is 5.11 Å². The minimum Gasteiger partial charge on any atom is -0.480 e. The fraction of sp³-hybridized carbons (Fsp3) is 0.533. The van der Waals surface area contributed by atoms with Crippen molar-refractivity contribution in [3.8, 4) is 0 Å². The van der Waals surface area contributed by atoms with Crippen LogP contribution in [0.4, 0.5) is 0 Å². The van der Waals surface area contributed by atoms with Gasteiger partial charge in [-0.2, -0.15) is 0 Å². The van der Waals surface area contributed by atoms with Crippen LogP contribution < -0.4 is 0 Å². The molecule has 1 aromatic carbocycles. The first-order valence-corrected chi connectivity index (χ1v) is 6.39. The molecule has 0 aliphatic carbocycles. The second-order valence-corrected chi connectivity index (χ2v) is 5.18. The van der Waals surface area contributed by atoms with Crippen LogP contribution in [0.2, 0.25) is 0 Å². The van der Waals surface area contributed by atoms with Crippen LogP contribution in [-0.4, -0.2) is 29.1 Å². The fourth-order valence-corrected chi connectivity index (χ4v) is 1.90. The molecular weight excluding hydrogens is 226 g/mol. The van der Waals surface area contributed by atoms with Crippen LogP contribution in [0, 0.1) is 0 Å². The van der Waals surface area contributed by atoms with Gasteiger partial charge in [0, 0.05) is 6.04 Å². The molecule has 0 fully saturated rings. The molecule has 0 spiro atoms. The molecule has 100 valence electrons. The Morgan fingerprint density at radius 1 is 1.06 bits per heavy atom. The highest BCUT2D eigenvalue weighted by atomic mass is 16.4. The maximum absolute atomic E-state index is 11.0. The Labute approximate surface area is 109 Å². The highest BCUT2D eigenvalue weighted by molar-refractivity contribution is 5.72.